The van der Waals surface area contributed by atoms with E-state index in [0.29, 0.717) is 0 Å². The fraction of sp³-hybridized carbons (Fsp3) is 0.350. The van der Waals surface area contributed by atoms with Crippen LogP contribution in [0.3, 0.4) is 0 Å². The molecule has 2 aromatic rings. The lowest BCUT2D eigenvalue weighted by Crippen LogP contribution is -2.53. The van der Waals surface area contributed by atoms with Crippen molar-refractivity contribution < 1.29 is 4.79 Å². The average molecular weight is 308 g/mol. The maximum absolute atomic E-state index is 12.3. The van der Waals surface area contributed by atoms with Crippen molar-refractivity contribution in [1.29, 1.82) is 0 Å². The van der Waals surface area contributed by atoms with E-state index in [1.807, 2.05) is 36.4 Å². The number of carbonyl (C=O) groups excluding carboxylic acids is 1. The Labute approximate surface area is 138 Å². The van der Waals surface area contributed by atoms with Gasteiger partial charge in [-0.1, -0.05) is 48.5 Å². The number of benzene rings is 2. The second kappa shape index (κ2) is 6.97. The molecular formula is C20H24N2O. The molecule has 2 aromatic carbocycles. The summed E-state index contributed by atoms with van der Waals surface area (Å²) < 4.78 is 0. The number of para-hydroxylation sites is 1. The van der Waals surface area contributed by atoms with Crippen molar-refractivity contribution in [3.63, 3.8) is 0 Å². The molecule has 0 saturated carbocycles. The first-order chi connectivity index (χ1) is 11.2. The van der Waals surface area contributed by atoms with Gasteiger partial charge in [-0.15, -0.1) is 0 Å². The molecule has 0 atom stereocenters. The van der Waals surface area contributed by atoms with Gasteiger partial charge in [-0.3, -0.25) is 9.69 Å². The predicted molar refractivity (Wildman–Crippen MR) is 94.4 cm³/mol. The molecule has 1 N–H and O–H groups in total. The maximum atomic E-state index is 12.3. The quantitative estimate of drug-likeness (QED) is 0.913. The summed E-state index contributed by atoms with van der Waals surface area (Å²) in [6.07, 6.45) is 1.70. The van der Waals surface area contributed by atoms with Crippen LogP contribution in [0.15, 0.2) is 60.7 Å². The van der Waals surface area contributed by atoms with E-state index in [1.165, 1.54) is 5.56 Å². The molecule has 0 radical (unpaired) electrons. The fourth-order valence-electron chi connectivity index (χ4n) is 3.30. The van der Waals surface area contributed by atoms with Crippen LogP contribution < -0.4 is 5.32 Å². The van der Waals surface area contributed by atoms with E-state index in [9.17, 15) is 4.79 Å². The Balaban J connectivity index is 1.65. The molecule has 1 saturated heterocycles. The lowest BCUT2D eigenvalue weighted by molar-refractivity contribution is -0.122. The lowest BCUT2D eigenvalue weighted by Gasteiger charge is -2.41. The van der Waals surface area contributed by atoms with Gasteiger partial charge < -0.3 is 5.32 Å². The van der Waals surface area contributed by atoms with E-state index in [2.05, 4.69) is 34.5 Å². The molecule has 3 nitrogen and oxygen atoms in total. The van der Waals surface area contributed by atoms with Gasteiger partial charge in [0.25, 0.3) is 0 Å². The van der Waals surface area contributed by atoms with Gasteiger partial charge in [0.1, 0.15) is 0 Å². The zero-order chi connectivity index (χ0) is 16.1. The minimum Gasteiger partial charge on any atom is -0.373 e. The third-order valence-corrected chi connectivity index (χ3v) is 4.79. The maximum Gasteiger partial charge on any atom is 0.155 e. The molecule has 1 aliphatic rings. The SMILES string of the molecule is CC(=O)C1(Nc2ccccc2)CCN(Cc2ccccc2)CC1. The molecular weight excluding hydrogens is 284 g/mol. The standard InChI is InChI=1S/C20H24N2O/c1-17(23)20(21-19-10-6-3-7-11-19)12-14-22(15-13-20)16-18-8-4-2-5-9-18/h2-11,21H,12-16H2,1H3. The highest BCUT2D eigenvalue weighted by atomic mass is 16.1. The molecule has 0 aromatic heterocycles. The van der Waals surface area contributed by atoms with Crippen molar-refractivity contribution in [2.24, 2.45) is 0 Å². The van der Waals surface area contributed by atoms with Gasteiger partial charge in [0.05, 0.1) is 5.54 Å². The van der Waals surface area contributed by atoms with Gasteiger partial charge in [0, 0.05) is 25.3 Å². The van der Waals surface area contributed by atoms with E-state index in [1.54, 1.807) is 6.92 Å². The molecule has 120 valence electrons. The highest BCUT2D eigenvalue weighted by Gasteiger charge is 2.38. The largest absolute Gasteiger partial charge is 0.373 e. The Kier molecular flexibility index (Phi) is 4.77. The second-order valence-electron chi connectivity index (χ2n) is 6.39. The van der Waals surface area contributed by atoms with Crippen molar-refractivity contribution in [2.75, 3.05) is 18.4 Å². The Morgan fingerprint density at radius 1 is 1.00 bits per heavy atom. The van der Waals surface area contributed by atoms with Crippen LogP contribution in [-0.4, -0.2) is 29.3 Å². The summed E-state index contributed by atoms with van der Waals surface area (Å²) in [6, 6.07) is 20.6. The number of piperidine rings is 1. The molecule has 0 aliphatic carbocycles. The minimum atomic E-state index is -0.422. The smallest absolute Gasteiger partial charge is 0.155 e. The molecule has 3 heteroatoms. The van der Waals surface area contributed by atoms with E-state index in [4.69, 9.17) is 0 Å². The molecule has 0 spiro atoms. The number of anilines is 1. The van der Waals surface area contributed by atoms with Crippen molar-refractivity contribution in [2.45, 2.75) is 31.8 Å². The third kappa shape index (κ3) is 3.80. The Hall–Kier alpha value is -2.13. The number of hydrogen-bond donors (Lipinski definition) is 1. The first kappa shape index (κ1) is 15.8. The Morgan fingerprint density at radius 3 is 2.13 bits per heavy atom. The summed E-state index contributed by atoms with van der Waals surface area (Å²) in [6.45, 7) is 4.55. The summed E-state index contributed by atoms with van der Waals surface area (Å²) in [4.78, 5) is 14.7. The van der Waals surface area contributed by atoms with Crippen LogP contribution in [0.25, 0.3) is 0 Å². The summed E-state index contributed by atoms with van der Waals surface area (Å²) >= 11 is 0. The number of rotatable bonds is 5. The van der Waals surface area contributed by atoms with E-state index < -0.39 is 5.54 Å². The third-order valence-electron chi connectivity index (χ3n) is 4.79. The molecule has 3 rings (SSSR count). The first-order valence-corrected chi connectivity index (χ1v) is 8.28. The minimum absolute atomic E-state index is 0.237. The average Bonchev–Trinajstić information content (AvgIpc) is 2.58. The van der Waals surface area contributed by atoms with Gasteiger partial charge in [-0.25, -0.2) is 0 Å². The lowest BCUT2D eigenvalue weighted by atomic mass is 9.83. The molecule has 0 amide bonds. The van der Waals surface area contributed by atoms with Gasteiger partial charge >= 0.3 is 0 Å². The van der Waals surface area contributed by atoms with Crippen LogP contribution >= 0.6 is 0 Å². The number of Topliss-reactive ketones (excluding diaryl/α,β-unsaturated/α-hetero) is 1. The fourth-order valence-corrected chi connectivity index (χ4v) is 3.30. The van der Waals surface area contributed by atoms with Crippen LogP contribution in [0.5, 0.6) is 0 Å². The van der Waals surface area contributed by atoms with Gasteiger partial charge in [-0.05, 0) is 37.5 Å². The summed E-state index contributed by atoms with van der Waals surface area (Å²) in [5.41, 5.74) is 1.94. The predicted octanol–water partition coefficient (Wildman–Crippen LogP) is 3.72. The monoisotopic (exact) mass is 308 g/mol. The van der Waals surface area contributed by atoms with Crippen molar-refractivity contribution >= 4 is 11.5 Å². The number of ketones is 1. The Morgan fingerprint density at radius 2 is 1.57 bits per heavy atom. The van der Waals surface area contributed by atoms with Crippen LogP contribution in [-0.2, 0) is 11.3 Å². The van der Waals surface area contributed by atoms with Crippen LogP contribution in [0.1, 0.15) is 25.3 Å². The molecule has 1 heterocycles. The number of hydrogen-bond acceptors (Lipinski definition) is 3. The zero-order valence-electron chi connectivity index (χ0n) is 13.7. The van der Waals surface area contributed by atoms with Crippen LogP contribution in [0.2, 0.25) is 0 Å². The summed E-state index contributed by atoms with van der Waals surface area (Å²) in [5, 5.41) is 3.50. The molecule has 1 aliphatic heterocycles. The highest BCUT2D eigenvalue weighted by molar-refractivity contribution is 5.89. The van der Waals surface area contributed by atoms with Gasteiger partial charge in [-0.2, -0.15) is 0 Å². The van der Waals surface area contributed by atoms with Crippen molar-refractivity contribution in [3.05, 3.63) is 66.2 Å². The highest BCUT2D eigenvalue weighted by Crippen LogP contribution is 2.28. The molecule has 0 unspecified atom stereocenters. The Bertz CT molecular complexity index is 631. The normalized spacial score (nSPS) is 17.6. The topological polar surface area (TPSA) is 32.3 Å². The zero-order valence-corrected chi connectivity index (χ0v) is 13.7. The summed E-state index contributed by atoms with van der Waals surface area (Å²) in [5.74, 6) is 0.237. The van der Waals surface area contributed by atoms with Crippen LogP contribution in [0, 0.1) is 0 Å². The van der Waals surface area contributed by atoms with Crippen LogP contribution in [0.4, 0.5) is 5.69 Å². The second-order valence-corrected chi connectivity index (χ2v) is 6.39. The molecule has 0 bridgehead atoms. The molecule has 23 heavy (non-hydrogen) atoms. The molecule has 1 fully saturated rings. The summed E-state index contributed by atoms with van der Waals surface area (Å²) in [7, 11) is 0. The van der Waals surface area contributed by atoms with E-state index >= 15 is 0 Å². The van der Waals surface area contributed by atoms with Crippen molar-refractivity contribution in [3.8, 4) is 0 Å². The number of carbonyl (C=O) groups is 1. The number of nitrogens with zero attached hydrogens (tertiary/aromatic N) is 1. The van der Waals surface area contributed by atoms with Gasteiger partial charge in [0.15, 0.2) is 5.78 Å². The van der Waals surface area contributed by atoms with E-state index in [0.717, 1.165) is 38.2 Å². The number of nitrogens with one attached hydrogen (secondary N) is 1. The van der Waals surface area contributed by atoms with Crippen molar-refractivity contribution in [1.82, 2.24) is 4.90 Å². The van der Waals surface area contributed by atoms with Gasteiger partial charge in [0.2, 0.25) is 0 Å². The number of likely N-dealkylation sites (tertiary alicyclic amines) is 1. The van der Waals surface area contributed by atoms with E-state index in [-0.39, 0.29) is 5.78 Å². The first-order valence-electron chi connectivity index (χ1n) is 8.28.